The minimum absolute atomic E-state index is 0.00176. The van der Waals surface area contributed by atoms with Crippen molar-refractivity contribution in [2.24, 2.45) is 0 Å². The summed E-state index contributed by atoms with van der Waals surface area (Å²) < 4.78 is 0. The van der Waals surface area contributed by atoms with Crippen LogP contribution < -0.4 is 4.90 Å². The SMILES string of the molecule is O=[N+]([O-])c1[nH]cnc1N1CCCC1. The number of aromatic amines is 1. The molecule has 70 valence electrons. The maximum Gasteiger partial charge on any atom is 0.365 e. The molecule has 1 fully saturated rings. The highest BCUT2D eigenvalue weighted by atomic mass is 16.6. The van der Waals surface area contributed by atoms with E-state index in [0.29, 0.717) is 5.82 Å². The van der Waals surface area contributed by atoms with Crippen LogP contribution in [-0.4, -0.2) is 28.0 Å². The Bertz CT molecular complexity index is 316. The largest absolute Gasteiger partial charge is 0.365 e. The van der Waals surface area contributed by atoms with Crippen LogP contribution in [0.25, 0.3) is 0 Å². The second-order valence-electron chi connectivity index (χ2n) is 3.03. The highest BCUT2D eigenvalue weighted by Gasteiger charge is 2.23. The van der Waals surface area contributed by atoms with Gasteiger partial charge in [-0.1, -0.05) is 0 Å². The molecule has 1 aliphatic rings. The smallest absolute Gasteiger partial charge is 0.358 e. The van der Waals surface area contributed by atoms with Crippen molar-refractivity contribution < 1.29 is 4.92 Å². The zero-order valence-electron chi connectivity index (χ0n) is 7.06. The number of H-pyrrole nitrogens is 1. The topological polar surface area (TPSA) is 75.1 Å². The molecule has 0 unspecified atom stereocenters. The van der Waals surface area contributed by atoms with Gasteiger partial charge in [0.2, 0.25) is 5.82 Å². The molecule has 0 amide bonds. The van der Waals surface area contributed by atoms with E-state index >= 15 is 0 Å². The first-order chi connectivity index (χ1) is 6.29. The summed E-state index contributed by atoms with van der Waals surface area (Å²) in [6, 6.07) is 0. The summed E-state index contributed by atoms with van der Waals surface area (Å²) in [4.78, 5) is 18.5. The molecule has 0 aromatic carbocycles. The van der Waals surface area contributed by atoms with Crippen molar-refractivity contribution >= 4 is 11.6 Å². The highest BCUT2D eigenvalue weighted by molar-refractivity contribution is 5.53. The van der Waals surface area contributed by atoms with E-state index in [1.54, 1.807) is 0 Å². The first-order valence-electron chi connectivity index (χ1n) is 4.22. The predicted molar refractivity (Wildman–Crippen MR) is 46.7 cm³/mol. The summed E-state index contributed by atoms with van der Waals surface area (Å²) in [6.45, 7) is 1.73. The fourth-order valence-corrected chi connectivity index (χ4v) is 1.57. The summed E-state index contributed by atoms with van der Waals surface area (Å²) in [6.07, 6.45) is 3.54. The van der Waals surface area contributed by atoms with Crippen LogP contribution in [0.1, 0.15) is 12.8 Å². The standard InChI is InChI=1S/C7H10N4O2/c12-11(13)7-6(8-5-9-7)10-3-1-2-4-10/h5H,1-4H2,(H,8,9). The molecule has 0 saturated carbocycles. The lowest BCUT2D eigenvalue weighted by atomic mass is 10.4. The monoisotopic (exact) mass is 182 g/mol. The van der Waals surface area contributed by atoms with Gasteiger partial charge in [0.15, 0.2) is 6.33 Å². The van der Waals surface area contributed by atoms with Crippen molar-refractivity contribution in [1.29, 1.82) is 0 Å². The molecule has 6 heteroatoms. The average Bonchev–Trinajstić information content (AvgIpc) is 2.74. The van der Waals surface area contributed by atoms with Gasteiger partial charge in [-0.2, -0.15) is 4.98 Å². The second kappa shape index (κ2) is 3.04. The number of hydrogen-bond donors (Lipinski definition) is 1. The summed E-state index contributed by atoms with van der Waals surface area (Å²) in [5, 5.41) is 10.5. The van der Waals surface area contributed by atoms with Crippen molar-refractivity contribution in [3.05, 3.63) is 16.4 Å². The van der Waals surface area contributed by atoms with Crippen LogP contribution in [-0.2, 0) is 0 Å². The third kappa shape index (κ3) is 1.34. The predicted octanol–water partition coefficient (Wildman–Crippen LogP) is 0.918. The molecule has 1 aromatic heterocycles. The van der Waals surface area contributed by atoms with E-state index in [4.69, 9.17) is 0 Å². The van der Waals surface area contributed by atoms with Crippen LogP contribution in [0.3, 0.4) is 0 Å². The number of aromatic nitrogens is 2. The number of imidazole rings is 1. The lowest BCUT2D eigenvalue weighted by Gasteiger charge is -2.12. The minimum Gasteiger partial charge on any atom is -0.358 e. The van der Waals surface area contributed by atoms with E-state index in [0.717, 1.165) is 25.9 Å². The van der Waals surface area contributed by atoms with Gasteiger partial charge in [-0.25, -0.2) is 4.98 Å². The third-order valence-electron chi connectivity index (χ3n) is 2.19. The van der Waals surface area contributed by atoms with E-state index in [2.05, 4.69) is 9.97 Å². The van der Waals surface area contributed by atoms with Gasteiger partial charge >= 0.3 is 5.82 Å². The maximum absolute atomic E-state index is 10.5. The van der Waals surface area contributed by atoms with Crippen molar-refractivity contribution in [2.75, 3.05) is 18.0 Å². The molecule has 0 bridgehead atoms. The molecular formula is C7H10N4O2. The van der Waals surface area contributed by atoms with Crippen molar-refractivity contribution in [3.8, 4) is 0 Å². The van der Waals surface area contributed by atoms with E-state index < -0.39 is 4.92 Å². The Balaban J connectivity index is 2.28. The first kappa shape index (κ1) is 8.03. The number of hydrogen-bond acceptors (Lipinski definition) is 4. The fourth-order valence-electron chi connectivity index (χ4n) is 1.57. The van der Waals surface area contributed by atoms with Gasteiger partial charge in [-0.05, 0) is 17.8 Å². The summed E-state index contributed by atoms with van der Waals surface area (Å²) in [5.74, 6) is 0.476. The Morgan fingerprint density at radius 1 is 1.54 bits per heavy atom. The molecule has 0 aliphatic carbocycles. The molecule has 6 nitrogen and oxygen atoms in total. The van der Waals surface area contributed by atoms with Crippen molar-refractivity contribution in [3.63, 3.8) is 0 Å². The Morgan fingerprint density at radius 2 is 2.23 bits per heavy atom. The van der Waals surface area contributed by atoms with E-state index in [9.17, 15) is 10.1 Å². The van der Waals surface area contributed by atoms with E-state index in [1.165, 1.54) is 6.33 Å². The number of nitro groups is 1. The van der Waals surface area contributed by atoms with Crippen LogP contribution in [0, 0.1) is 10.1 Å². The van der Waals surface area contributed by atoms with E-state index in [-0.39, 0.29) is 5.82 Å². The van der Waals surface area contributed by atoms with Gasteiger partial charge in [0.1, 0.15) is 0 Å². The van der Waals surface area contributed by atoms with Gasteiger partial charge in [0.05, 0.1) is 0 Å². The molecule has 1 N–H and O–H groups in total. The minimum atomic E-state index is -0.430. The number of rotatable bonds is 2. The summed E-state index contributed by atoms with van der Waals surface area (Å²) >= 11 is 0. The number of nitrogens with one attached hydrogen (secondary N) is 1. The second-order valence-corrected chi connectivity index (χ2v) is 3.03. The van der Waals surface area contributed by atoms with Gasteiger partial charge in [0.25, 0.3) is 0 Å². The number of nitrogens with zero attached hydrogens (tertiary/aromatic N) is 3. The van der Waals surface area contributed by atoms with Gasteiger partial charge in [0, 0.05) is 13.1 Å². The summed E-state index contributed by atoms with van der Waals surface area (Å²) in [5.41, 5.74) is 0. The molecule has 1 aromatic rings. The molecule has 0 radical (unpaired) electrons. The Labute approximate surface area is 74.7 Å². The van der Waals surface area contributed by atoms with E-state index in [1.807, 2.05) is 4.90 Å². The first-order valence-corrected chi connectivity index (χ1v) is 4.22. The van der Waals surface area contributed by atoms with Crippen LogP contribution in [0.15, 0.2) is 6.33 Å². The van der Waals surface area contributed by atoms with Crippen LogP contribution in [0.2, 0.25) is 0 Å². The van der Waals surface area contributed by atoms with Gasteiger partial charge < -0.3 is 15.0 Å². The molecule has 0 spiro atoms. The normalized spacial score (nSPS) is 16.5. The molecule has 1 aliphatic heterocycles. The zero-order valence-corrected chi connectivity index (χ0v) is 7.06. The fraction of sp³-hybridized carbons (Fsp3) is 0.571. The van der Waals surface area contributed by atoms with Crippen LogP contribution in [0.5, 0.6) is 0 Å². The lowest BCUT2D eigenvalue weighted by Crippen LogP contribution is -2.19. The highest BCUT2D eigenvalue weighted by Crippen LogP contribution is 2.25. The molecule has 0 atom stereocenters. The average molecular weight is 182 g/mol. The van der Waals surface area contributed by atoms with Gasteiger partial charge in [-0.3, -0.25) is 0 Å². The molecular weight excluding hydrogens is 172 g/mol. The van der Waals surface area contributed by atoms with Crippen molar-refractivity contribution in [1.82, 2.24) is 9.97 Å². The molecule has 2 heterocycles. The Hall–Kier alpha value is -1.59. The summed E-state index contributed by atoms with van der Waals surface area (Å²) in [7, 11) is 0. The number of anilines is 1. The van der Waals surface area contributed by atoms with Gasteiger partial charge in [-0.15, -0.1) is 0 Å². The molecule has 1 saturated heterocycles. The molecule has 13 heavy (non-hydrogen) atoms. The molecule has 2 rings (SSSR count). The van der Waals surface area contributed by atoms with Crippen molar-refractivity contribution in [2.45, 2.75) is 12.8 Å². The van der Waals surface area contributed by atoms with Crippen LogP contribution in [0.4, 0.5) is 11.6 Å². The Kier molecular flexibility index (Phi) is 1.88. The van der Waals surface area contributed by atoms with Crippen LogP contribution >= 0.6 is 0 Å². The quantitative estimate of drug-likeness (QED) is 0.545. The lowest BCUT2D eigenvalue weighted by molar-refractivity contribution is -0.388. The maximum atomic E-state index is 10.5. The Morgan fingerprint density at radius 3 is 2.85 bits per heavy atom. The third-order valence-corrected chi connectivity index (χ3v) is 2.19. The zero-order chi connectivity index (χ0) is 9.26.